The molecular formula is C22H23ClN6O3. The Kier molecular flexibility index (Phi) is 5.44. The van der Waals surface area contributed by atoms with Gasteiger partial charge in [-0.1, -0.05) is 23.7 Å². The molecule has 166 valence electrons. The predicted octanol–water partition coefficient (Wildman–Crippen LogP) is 1.87. The molecule has 3 aliphatic heterocycles. The van der Waals surface area contributed by atoms with Crippen molar-refractivity contribution in [2.24, 2.45) is 0 Å². The van der Waals surface area contributed by atoms with Crippen molar-refractivity contribution in [3.05, 3.63) is 58.2 Å². The number of rotatable bonds is 4. The van der Waals surface area contributed by atoms with E-state index in [1.165, 1.54) is 10.0 Å². The number of nitrogens with one attached hydrogen (secondary N) is 1. The molecule has 0 atom stereocenters. The van der Waals surface area contributed by atoms with Gasteiger partial charge in [0.2, 0.25) is 5.91 Å². The van der Waals surface area contributed by atoms with Crippen LogP contribution in [0.4, 0.5) is 10.6 Å². The van der Waals surface area contributed by atoms with E-state index in [4.69, 9.17) is 11.6 Å². The molecule has 0 bridgehead atoms. The molecule has 0 unspecified atom stereocenters. The molecular weight excluding hydrogens is 432 g/mol. The van der Waals surface area contributed by atoms with Crippen molar-refractivity contribution in [3.63, 3.8) is 0 Å². The minimum absolute atomic E-state index is 0.187. The summed E-state index contributed by atoms with van der Waals surface area (Å²) in [6.07, 6.45) is 1.94. The number of hydrogen-bond donors (Lipinski definition) is 1. The number of nitrogens with zero attached hydrogens (tertiary/aromatic N) is 5. The van der Waals surface area contributed by atoms with Crippen LogP contribution >= 0.6 is 11.6 Å². The number of aromatic nitrogens is 1. The first kappa shape index (κ1) is 20.7. The van der Waals surface area contributed by atoms with Gasteiger partial charge in [0, 0.05) is 50.9 Å². The van der Waals surface area contributed by atoms with E-state index < -0.39 is 6.03 Å². The average molecular weight is 455 g/mol. The van der Waals surface area contributed by atoms with Crippen LogP contribution in [0.25, 0.3) is 0 Å². The van der Waals surface area contributed by atoms with E-state index in [2.05, 4.69) is 20.1 Å². The molecule has 2 aromatic rings. The van der Waals surface area contributed by atoms with Crippen LogP contribution in [-0.2, 0) is 17.9 Å². The molecule has 4 amide bonds. The summed E-state index contributed by atoms with van der Waals surface area (Å²) in [6, 6.07) is 9.06. The second kappa shape index (κ2) is 8.40. The van der Waals surface area contributed by atoms with Crippen molar-refractivity contribution in [3.8, 4) is 0 Å². The third-order valence-electron chi connectivity index (χ3n) is 6.10. The van der Waals surface area contributed by atoms with Crippen LogP contribution < -0.4 is 10.2 Å². The first-order valence-corrected chi connectivity index (χ1v) is 11.0. The van der Waals surface area contributed by atoms with E-state index >= 15 is 0 Å². The lowest BCUT2D eigenvalue weighted by Crippen LogP contribution is -2.56. The maximum Gasteiger partial charge on any atom is 0.342 e. The molecule has 1 aromatic carbocycles. The maximum atomic E-state index is 13.0. The van der Waals surface area contributed by atoms with Gasteiger partial charge >= 0.3 is 6.03 Å². The zero-order valence-electron chi connectivity index (χ0n) is 17.5. The van der Waals surface area contributed by atoms with Crippen LogP contribution in [0, 0.1) is 0 Å². The number of hydrogen-bond acceptors (Lipinski definition) is 6. The van der Waals surface area contributed by atoms with E-state index in [1.54, 1.807) is 6.20 Å². The molecule has 5 rings (SSSR count). The summed E-state index contributed by atoms with van der Waals surface area (Å²) < 4.78 is 0. The summed E-state index contributed by atoms with van der Waals surface area (Å²) in [7, 11) is 0. The van der Waals surface area contributed by atoms with Gasteiger partial charge in [0.05, 0.1) is 18.1 Å². The van der Waals surface area contributed by atoms with Gasteiger partial charge in [-0.05, 0) is 29.3 Å². The van der Waals surface area contributed by atoms with Gasteiger partial charge in [0.1, 0.15) is 5.82 Å². The first-order valence-electron chi connectivity index (χ1n) is 10.6. The lowest BCUT2D eigenvalue weighted by Gasteiger charge is -2.35. The van der Waals surface area contributed by atoms with Gasteiger partial charge < -0.3 is 4.90 Å². The predicted molar refractivity (Wildman–Crippen MR) is 118 cm³/mol. The smallest absolute Gasteiger partial charge is 0.342 e. The van der Waals surface area contributed by atoms with Crippen LogP contribution in [0.15, 0.2) is 36.5 Å². The third kappa shape index (κ3) is 3.89. The monoisotopic (exact) mass is 454 g/mol. The largest absolute Gasteiger partial charge is 0.353 e. The van der Waals surface area contributed by atoms with Gasteiger partial charge in [-0.2, -0.15) is 0 Å². The molecule has 2 saturated heterocycles. The summed E-state index contributed by atoms with van der Waals surface area (Å²) >= 11 is 6.28. The van der Waals surface area contributed by atoms with Gasteiger partial charge in [-0.15, -0.1) is 0 Å². The molecule has 1 N–H and O–H groups in total. The number of benzene rings is 1. The molecule has 32 heavy (non-hydrogen) atoms. The van der Waals surface area contributed by atoms with Crippen LogP contribution in [-0.4, -0.2) is 70.5 Å². The Morgan fingerprint density at radius 3 is 2.56 bits per heavy atom. The highest BCUT2D eigenvalue weighted by molar-refractivity contribution is 6.32. The molecule has 0 saturated carbocycles. The molecule has 2 fully saturated rings. The highest BCUT2D eigenvalue weighted by Crippen LogP contribution is 2.27. The van der Waals surface area contributed by atoms with Crippen molar-refractivity contribution >= 4 is 35.3 Å². The molecule has 3 aliphatic rings. The Morgan fingerprint density at radius 1 is 1.00 bits per heavy atom. The Bertz CT molecular complexity index is 1090. The number of pyridine rings is 1. The highest BCUT2D eigenvalue weighted by atomic mass is 35.5. The molecule has 0 spiro atoms. The zero-order valence-corrected chi connectivity index (χ0v) is 18.2. The summed E-state index contributed by atoms with van der Waals surface area (Å²) in [4.78, 5) is 45.5. The fourth-order valence-electron chi connectivity index (χ4n) is 4.40. The molecule has 10 heteroatoms. The maximum absolute atomic E-state index is 13.0. The number of amides is 4. The normalized spacial score (nSPS) is 19.4. The van der Waals surface area contributed by atoms with E-state index in [0.717, 1.165) is 49.7 Å². The zero-order chi connectivity index (χ0) is 22.2. The van der Waals surface area contributed by atoms with Gasteiger partial charge in [-0.3, -0.25) is 19.8 Å². The van der Waals surface area contributed by atoms with E-state index in [-0.39, 0.29) is 24.8 Å². The number of hydrazine groups is 1. The number of anilines is 1. The topological polar surface area (TPSA) is 89.1 Å². The minimum atomic E-state index is -0.548. The highest BCUT2D eigenvalue weighted by Gasteiger charge is 2.37. The molecule has 4 heterocycles. The van der Waals surface area contributed by atoms with Gasteiger partial charge in [0.25, 0.3) is 5.91 Å². The summed E-state index contributed by atoms with van der Waals surface area (Å²) in [5.74, 6) is 0.296. The summed E-state index contributed by atoms with van der Waals surface area (Å²) in [6.45, 7) is 4.68. The Hall–Kier alpha value is -3.17. The number of piperazine rings is 1. The average Bonchev–Trinajstić information content (AvgIpc) is 3.11. The van der Waals surface area contributed by atoms with Gasteiger partial charge in [0.15, 0.2) is 0 Å². The summed E-state index contributed by atoms with van der Waals surface area (Å²) in [5.41, 5.74) is 2.56. The second-order valence-electron chi connectivity index (χ2n) is 8.15. The van der Waals surface area contributed by atoms with Crippen LogP contribution in [0.2, 0.25) is 5.02 Å². The molecule has 0 radical (unpaired) electrons. The van der Waals surface area contributed by atoms with Crippen molar-refractivity contribution < 1.29 is 14.4 Å². The number of urea groups is 1. The Labute approximate surface area is 190 Å². The number of fused-ring (bicyclic) bond motifs is 1. The summed E-state index contributed by atoms with van der Waals surface area (Å²) in [5, 5.41) is 5.68. The van der Waals surface area contributed by atoms with Crippen LogP contribution in [0.3, 0.4) is 0 Å². The number of halogens is 1. The first-order chi connectivity index (χ1) is 15.5. The lowest BCUT2D eigenvalue weighted by molar-refractivity contribution is -0.123. The standard InChI is InChI=1S/C22H23ClN6O3/c23-18-2-1-6-24-20(18)27-10-8-26(9-11-27)13-15-3-4-16-14-29(21(31)17(16)12-15)28-7-5-19(30)25-22(28)32/h1-4,6,12H,5,7-11,13-14H2,(H,25,30,32). The van der Waals surface area contributed by atoms with E-state index in [0.29, 0.717) is 17.1 Å². The number of imide groups is 1. The van der Waals surface area contributed by atoms with E-state index in [1.807, 2.05) is 30.3 Å². The van der Waals surface area contributed by atoms with Crippen molar-refractivity contribution in [1.29, 1.82) is 0 Å². The quantitative estimate of drug-likeness (QED) is 0.758. The number of carbonyl (C=O) groups excluding carboxylic acids is 3. The van der Waals surface area contributed by atoms with Crippen LogP contribution in [0.5, 0.6) is 0 Å². The molecule has 1 aromatic heterocycles. The Balaban J connectivity index is 1.22. The lowest BCUT2D eigenvalue weighted by atomic mass is 10.1. The van der Waals surface area contributed by atoms with Gasteiger partial charge in [-0.25, -0.2) is 19.8 Å². The van der Waals surface area contributed by atoms with Crippen LogP contribution in [0.1, 0.15) is 27.9 Å². The third-order valence-corrected chi connectivity index (χ3v) is 6.39. The minimum Gasteiger partial charge on any atom is -0.353 e. The molecule has 0 aliphatic carbocycles. The second-order valence-corrected chi connectivity index (χ2v) is 8.56. The fourth-order valence-corrected chi connectivity index (χ4v) is 4.64. The SMILES string of the molecule is O=C1CCN(N2Cc3ccc(CN4CCN(c5ncccc5Cl)CC4)cc3C2=O)C(=O)N1. The van der Waals surface area contributed by atoms with E-state index in [9.17, 15) is 14.4 Å². The van der Waals surface area contributed by atoms with Crippen molar-refractivity contribution in [1.82, 2.24) is 25.2 Å². The Morgan fingerprint density at radius 2 is 1.81 bits per heavy atom. The van der Waals surface area contributed by atoms with Crippen molar-refractivity contribution in [2.75, 3.05) is 37.6 Å². The fraction of sp³-hybridized carbons (Fsp3) is 0.364. The van der Waals surface area contributed by atoms with Crippen molar-refractivity contribution in [2.45, 2.75) is 19.5 Å². The molecule has 9 nitrogen and oxygen atoms in total. The number of carbonyl (C=O) groups is 3.